The molecule has 0 radical (unpaired) electrons. The molecule has 6 nitrogen and oxygen atoms in total. The molecular weight excluding hydrogens is 292 g/mol. The molecule has 1 atom stereocenters. The van der Waals surface area contributed by atoms with Gasteiger partial charge in [-0.25, -0.2) is 4.98 Å². The Labute approximate surface area is 137 Å². The van der Waals surface area contributed by atoms with Crippen molar-refractivity contribution >= 4 is 5.91 Å². The van der Waals surface area contributed by atoms with Crippen LogP contribution in [0, 0.1) is 0 Å². The van der Waals surface area contributed by atoms with E-state index in [0.717, 1.165) is 18.6 Å². The Kier molecular flexibility index (Phi) is 6.14. The SMILES string of the molecule is COc1ccc(CC(C)N(C)C(=O)CCCn2cncn2)cc1. The zero-order valence-corrected chi connectivity index (χ0v) is 14.0. The van der Waals surface area contributed by atoms with E-state index < -0.39 is 0 Å². The molecule has 1 amide bonds. The van der Waals surface area contributed by atoms with Gasteiger partial charge in [0, 0.05) is 26.1 Å². The number of likely N-dealkylation sites (N-methyl/N-ethyl adjacent to an activating group) is 1. The van der Waals surface area contributed by atoms with Crippen molar-refractivity contribution in [2.75, 3.05) is 14.2 Å². The molecule has 1 unspecified atom stereocenters. The minimum atomic E-state index is 0.155. The largest absolute Gasteiger partial charge is 0.497 e. The van der Waals surface area contributed by atoms with Gasteiger partial charge in [0.25, 0.3) is 0 Å². The van der Waals surface area contributed by atoms with Crippen molar-refractivity contribution in [3.63, 3.8) is 0 Å². The maximum atomic E-state index is 12.3. The Bertz CT molecular complexity index is 596. The molecule has 1 aromatic carbocycles. The van der Waals surface area contributed by atoms with Crippen LogP contribution in [-0.4, -0.2) is 45.8 Å². The lowest BCUT2D eigenvalue weighted by molar-refractivity contribution is -0.131. The van der Waals surface area contributed by atoms with Gasteiger partial charge >= 0.3 is 0 Å². The summed E-state index contributed by atoms with van der Waals surface area (Å²) < 4.78 is 6.90. The van der Waals surface area contributed by atoms with Crippen LogP contribution in [0.25, 0.3) is 0 Å². The van der Waals surface area contributed by atoms with E-state index in [-0.39, 0.29) is 11.9 Å². The van der Waals surface area contributed by atoms with Crippen molar-refractivity contribution in [2.45, 2.75) is 38.8 Å². The highest BCUT2D eigenvalue weighted by Gasteiger charge is 2.15. The van der Waals surface area contributed by atoms with Crippen molar-refractivity contribution in [2.24, 2.45) is 0 Å². The quantitative estimate of drug-likeness (QED) is 0.749. The average molecular weight is 316 g/mol. The number of hydrogen-bond acceptors (Lipinski definition) is 4. The molecule has 0 bridgehead atoms. The first kappa shape index (κ1) is 17.0. The molecule has 0 spiro atoms. The summed E-state index contributed by atoms with van der Waals surface area (Å²) in [6, 6.07) is 8.13. The van der Waals surface area contributed by atoms with Gasteiger partial charge in [-0.3, -0.25) is 9.48 Å². The molecule has 2 aromatic rings. The molecule has 23 heavy (non-hydrogen) atoms. The topological polar surface area (TPSA) is 60.2 Å². The highest BCUT2D eigenvalue weighted by atomic mass is 16.5. The molecular formula is C17H24N4O2. The second-order valence-corrected chi connectivity index (χ2v) is 5.67. The number of aryl methyl sites for hydroxylation is 1. The lowest BCUT2D eigenvalue weighted by Crippen LogP contribution is -2.36. The van der Waals surface area contributed by atoms with Gasteiger partial charge in [-0.15, -0.1) is 0 Å². The fraction of sp³-hybridized carbons (Fsp3) is 0.471. The number of hydrogen-bond donors (Lipinski definition) is 0. The van der Waals surface area contributed by atoms with E-state index in [1.807, 2.05) is 36.2 Å². The van der Waals surface area contributed by atoms with Crippen LogP contribution < -0.4 is 4.74 Å². The first-order valence-electron chi connectivity index (χ1n) is 7.81. The molecule has 0 saturated carbocycles. The summed E-state index contributed by atoms with van der Waals surface area (Å²) >= 11 is 0. The Morgan fingerprint density at radius 1 is 1.35 bits per heavy atom. The standard InChI is InChI=1S/C17H24N4O2/c1-14(11-15-6-8-16(23-3)9-7-15)20(2)17(22)5-4-10-21-13-18-12-19-21/h6-9,12-14H,4-5,10-11H2,1-3H3. The monoisotopic (exact) mass is 316 g/mol. The predicted molar refractivity (Wildman–Crippen MR) is 88.2 cm³/mol. The molecule has 0 saturated heterocycles. The first-order chi connectivity index (χ1) is 11.1. The van der Waals surface area contributed by atoms with Crippen LogP contribution in [0.15, 0.2) is 36.9 Å². The zero-order valence-electron chi connectivity index (χ0n) is 14.0. The fourth-order valence-corrected chi connectivity index (χ4v) is 2.40. The molecule has 0 aliphatic carbocycles. The summed E-state index contributed by atoms with van der Waals surface area (Å²) in [4.78, 5) is 18.0. The molecule has 1 aromatic heterocycles. The normalized spacial score (nSPS) is 12.0. The molecule has 0 fully saturated rings. The molecule has 0 aliphatic heterocycles. The number of carbonyl (C=O) groups is 1. The van der Waals surface area contributed by atoms with Crippen molar-refractivity contribution in [1.82, 2.24) is 19.7 Å². The molecule has 6 heteroatoms. The molecule has 0 N–H and O–H groups in total. The van der Waals surface area contributed by atoms with E-state index in [0.29, 0.717) is 13.0 Å². The minimum absolute atomic E-state index is 0.155. The Morgan fingerprint density at radius 3 is 2.70 bits per heavy atom. The molecule has 124 valence electrons. The molecule has 2 rings (SSSR count). The van der Waals surface area contributed by atoms with E-state index in [4.69, 9.17) is 4.74 Å². The number of ether oxygens (including phenoxy) is 1. The van der Waals surface area contributed by atoms with Crippen LogP contribution >= 0.6 is 0 Å². The average Bonchev–Trinajstić information content (AvgIpc) is 3.08. The minimum Gasteiger partial charge on any atom is -0.497 e. The summed E-state index contributed by atoms with van der Waals surface area (Å²) in [6.45, 7) is 2.78. The number of carbonyl (C=O) groups excluding carboxylic acids is 1. The highest BCUT2D eigenvalue weighted by Crippen LogP contribution is 2.14. The number of aromatic nitrogens is 3. The summed E-state index contributed by atoms with van der Waals surface area (Å²) in [5, 5.41) is 4.03. The predicted octanol–water partition coefficient (Wildman–Crippen LogP) is 2.16. The lowest BCUT2D eigenvalue weighted by Gasteiger charge is -2.25. The zero-order chi connectivity index (χ0) is 16.7. The number of methoxy groups -OCH3 is 1. The van der Waals surface area contributed by atoms with Crippen LogP contribution in [0.2, 0.25) is 0 Å². The van der Waals surface area contributed by atoms with Gasteiger partial charge in [-0.2, -0.15) is 5.10 Å². The first-order valence-corrected chi connectivity index (χ1v) is 7.81. The third-order valence-electron chi connectivity index (χ3n) is 3.99. The van der Waals surface area contributed by atoms with Gasteiger partial charge < -0.3 is 9.64 Å². The van der Waals surface area contributed by atoms with E-state index in [9.17, 15) is 4.79 Å². The number of rotatable bonds is 8. The van der Waals surface area contributed by atoms with Crippen LogP contribution in [-0.2, 0) is 17.8 Å². The molecule has 1 heterocycles. The summed E-state index contributed by atoms with van der Waals surface area (Å²) in [7, 11) is 3.52. The number of amides is 1. The van der Waals surface area contributed by atoms with Crippen LogP contribution in [0.3, 0.4) is 0 Å². The maximum absolute atomic E-state index is 12.3. The molecule has 0 aliphatic rings. The second kappa shape index (κ2) is 8.31. The maximum Gasteiger partial charge on any atom is 0.222 e. The Morgan fingerprint density at radius 2 is 2.09 bits per heavy atom. The van der Waals surface area contributed by atoms with Gasteiger partial charge in [0.05, 0.1) is 7.11 Å². The number of nitrogens with zero attached hydrogens (tertiary/aromatic N) is 4. The van der Waals surface area contributed by atoms with Crippen LogP contribution in [0.4, 0.5) is 0 Å². The van der Waals surface area contributed by atoms with Crippen molar-refractivity contribution < 1.29 is 9.53 Å². The highest BCUT2D eigenvalue weighted by molar-refractivity contribution is 5.76. The smallest absolute Gasteiger partial charge is 0.222 e. The van der Waals surface area contributed by atoms with Gasteiger partial charge in [-0.05, 0) is 37.5 Å². The van der Waals surface area contributed by atoms with Crippen molar-refractivity contribution in [3.8, 4) is 5.75 Å². The second-order valence-electron chi connectivity index (χ2n) is 5.67. The Hall–Kier alpha value is -2.37. The van der Waals surface area contributed by atoms with Gasteiger partial charge in [-0.1, -0.05) is 12.1 Å². The van der Waals surface area contributed by atoms with Crippen molar-refractivity contribution in [1.29, 1.82) is 0 Å². The summed E-state index contributed by atoms with van der Waals surface area (Å²) in [5.74, 6) is 1.00. The van der Waals surface area contributed by atoms with E-state index in [1.54, 1.807) is 18.1 Å². The third-order valence-corrected chi connectivity index (χ3v) is 3.99. The number of benzene rings is 1. The summed E-state index contributed by atoms with van der Waals surface area (Å²) in [6.07, 6.45) is 5.28. The Balaban J connectivity index is 1.78. The van der Waals surface area contributed by atoms with E-state index in [2.05, 4.69) is 17.0 Å². The fourth-order valence-electron chi connectivity index (χ4n) is 2.40. The van der Waals surface area contributed by atoms with Crippen molar-refractivity contribution in [3.05, 3.63) is 42.5 Å². The van der Waals surface area contributed by atoms with Gasteiger partial charge in [0.1, 0.15) is 18.4 Å². The lowest BCUT2D eigenvalue weighted by atomic mass is 10.1. The van der Waals surface area contributed by atoms with Crippen LogP contribution in [0.1, 0.15) is 25.3 Å². The van der Waals surface area contributed by atoms with Gasteiger partial charge in [0.15, 0.2) is 0 Å². The van der Waals surface area contributed by atoms with Gasteiger partial charge in [0.2, 0.25) is 5.91 Å². The van der Waals surface area contributed by atoms with E-state index >= 15 is 0 Å². The third kappa shape index (κ3) is 5.09. The van der Waals surface area contributed by atoms with E-state index in [1.165, 1.54) is 11.9 Å². The summed E-state index contributed by atoms with van der Waals surface area (Å²) in [5.41, 5.74) is 1.19. The van der Waals surface area contributed by atoms with Crippen LogP contribution in [0.5, 0.6) is 5.75 Å².